The Morgan fingerprint density at radius 1 is 1.10 bits per heavy atom. The summed E-state index contributed by atoms with van der Waals surface area (Å²) in [6, 6.07) is 9.86. The minimum Gasteiger partial charge on any atom is -0.478 e. The molecule has 29 heavy (non-hydrogen) atoms. The summed E-state index contributed by atoms with van der Waals surface area (Å²) in [5.41, 5.74) is -2.19. The van der Waals surface area contributed by atoms with E-state index >= 15 is 0 Å². The van der Waals surface area contributed by atoms with Gasteiger partial charge in [0.2, 0.25) is 0 Å². The van der Waals surface area contributed by atoms with Crippen molar-refractivity contribution < 1.29 is 32.0 Å². The Morgan fingerprint density at radius 3 is 2.24 bits per heavy atom. The lowest BCUT2D eigenvalue weighted by molar-refractivity contribution is -0.385. The molecule has 0 aliphatic carbocycles. The topological polar surface area (TPSA) is 72.7 Å². The van der Waals surface area contributed by atoms with Crippen LogP contribution in [0.1, 0.15) is 19.4 Å². The highest BCUT2D eigenvalue weighted by Crippen LogP contribution is 2.27. The fourth-order valence-corrected chi connectivity index (χ4v) is 2.67. The molecule has 0 aromatic heterocycles. The van der Waals surface area contributed by atoms with Crippen LogP contribution in [0, 0.1) is 15.9 Å². The van der Waals surface area contributed by atoms with E-state index in [-0.39, 0.29) is 11.3 Å². The second-order valence-corrected chi connectivity index (χ2v) is 6.73. The number of para-hydroxylation sites is 1. The van der Waals surface area contributed by atoms with Gasteiger partial charge in [-0.05, 0) is 38.1 Å². The quantitative estimate of drug-likeness (QED) is 0.380. The molecule has 156 valence electrons. The van der Waals surface area contributed by atoms with Crippen molar-refractivity contribution in [2.45, 2.75) is 32.2 Å². The molecular weight excluding hydrogens is 396 g/mol. The molecule has 0 aliphatic heterocycles. The number of carbonyl (C=O) groups excluding carboxylic acids is 1. The SMILES string of the molecule is CC(C)(Oc1ccc(F)cc1)C(=O)N(Cc1ccccc1[N+](=O)[O-])CC(F)(F)F. The number of halogens is 4. The number of hydrogen-bond donors (Lipinski definition) is 0. The first-order chi connectivity index (χ1) is 13.4. The molecule has 0 unspecified atom stereocenters. The van der Waals surface area contributed by atoms with Gasteiger partial charge in [-0.25, -0.2) is 4.39 Å². The van der Waals surface area contributed by atoms with Gasteiger partial charge >= 0.3 is 6.18 Å². The molecule has 2 aromatic carbocycles. The number of amides is 1. The molecular formula is C19H18F4N2O4. The molecule has 0 saturated heterocycles. The van der Waals surface area contributed by atoms with Crippen LogP contribution in [0.4, 0.5) is 23.2 Å². The van der Waals surface area contributed by atoms with Crippen molar-refractivity contribution in [2.75, 3.05) is 6.54 Å². The van der Waals surface area contributed by atoms with Gasteiger partial charge in [0.25, 0.3) is 11.6 Å². The summed E-state index contributed by atoms with van der Waals surface area (Å²) in [7, 11) is 0. The van der Waals surface area contributed by atoms with Crippen LogP contribution in [-0.2, 0) is 11.3 Å². The van der Waals surface area contributed by atoms with Crippen LogP contribution >= 0.6 is 0 Å². The molecule has 0 fully saturated rings. The van der Waals surface area contributed by atoms with Gasteiger partial charge in [0.05, 0.1) is 11.5 Å². The zero-order valence-corrected chi connectivity index (χ0v) is 15.6. The van der Waals surface area contributed by atoms with E-state index in [1.807, 2.05) is 0 Å². The molecule has 0 heterocycles. The molecule has 2 aromatic rings. The van der Waals surface area contributed by atoms with Crippen molar-refractivity contribution in [3.8, 4) is 5.75 Å². The summed E-state index contributed by atoms with van der Waals surface area (Å²) in [6.07, 6.45) is -4.73. The number of carbonyl (C=O) groups is 1. The second kappa shape index (κ2) is 8.46. The van der Waals surface area contributed by atoms with E-state index in [1.165, 1.54) is 44.2 Å². The van der Waals surface area contributed by atoms with Crippen molar-refractivity contribution in [3.63, 3.8) is 0 Å². The van der Waals surface area contributed by atoms with E-state index in [2.05, 4.69) is 0 Å². The Labute approximate surface area is 163 Å². The van der Waals surface area contributed by atoms with Crippen molar-refractivity contribution in [3.05, 3.63) is 70.0 Å². The van der Waals surface area contributed by atoms with E-state index in [0.717, 1.165) is 18.2 Å². The van der Waals surface area contributed by atoms with Crippen LogP contribution in [0.25, 0.3) is 0 Å². The Hall–Kier alpha value is -3.17. The summed E-state index contributed by atoms with van der Waals surface area (Å²) < 4.78 is 57.7. The number of rotatable bonds is 7. The number of nitro groups is 1. The van der Waals surface area contributed by atoms with E-state index < -0.39 is 47.2 Å². The first-order valence-electron chi connectivity index (χ1n) is 8.42. The lowest BCUT2D eigenvalue weighted by Gasteiger charge is -2.33. The van der Waals surface area contributed by atoms with E-state index in [4.69, 9.17) is 4.74 Å². The first kappa shape index (κ1) is 22.1. The molecule has 0 spiro atoms. The molecule has 0 bridgehead atoms. The van der Waals surface area contributed by atoms with Gasteiger partial charge in [-0.1, -0.05) is 18.2 Å². The summed E-state index contributed by atoms with van der Waals surface area (Å²) in [5, 5.41) is 11.1. The van der Waals surface area contributed by atoms with E-state index in [9.17, 15) is 32.5 Å². The Balaban J connectivity index is 2.32. The number of ether oxygens (including phenoxy) is 1. The minimum atomic E-state index is -4.73. The first-order valence-corrected chi connectivity index (χ1v) is 8.42. The minimum absolute atomic E-state index is 0.0484. The third-order valence-electron chi connectivity index (χ3n) is 3.91. The second-order valence-electron chi connectivity index (χ2n) is 6.73. The highest BCUT2D eigenvalue weighted by Gasteiger charge is 2.40. The summed E-state index contributed by atoms with van der Waals surface area (Å²) in [4.78, 5) is 23.7. The van der Waals surface area contributed by atoms with Crippen LogP contribution in [0.3, 0.4) is 0 Å². The van der Waals surface area contributed by atoms with Gasteiger partial charge in [-0.2, -0.15) is 13.2 Å². The van der Waals surface area contributed by atoms with E-state index in [0.29, 0.717) is 4.90 Å². The number of hydrogen-bond acceptors (Lipinski definition) is 4. The number of benzene rings is 2. The Morgan fingerprint density at radius 2 is 1.69 bits per heavy atom. The monoisotopic (exact) mass is 414 g/mol. The zero-order valence-electron chi connectivity index (χ0n) is 15.6. The lowest BCUT2D eigenvalue weighted by atomic mass is 10.1. The van der Waals surface area contributed by atoms with Gasteiger partial charge in [0.1, 0.15) is 18.1 Å². The summed E-state index contributed by atoms with van der Waals surface area (Å²) in [6.45, 7) is 0.280. The van der Waals surface area contributed by atoms with Gasteiger partial charge in [-0.3, -0.25) is 14.9 Å². The van der Waals surface area contributed by atoms with Crippen LogP contribution < -0.4 is 4.74 Å². The summed E-state index contributed by atoms with van der Waals surface area (Å²) >= 11 is 0. The fraction of sp³-hybridized carbons (Fsp3) is 0.316. The highest BCUT2D eigenvalue weighted by atomic mass is 19.4. The molecule has 0 N–H and O–H groups in total. The number of nitrogens with zero attached hydrogens (tertiary/aromatic N) is 2. The van der Waals surface area contributed by atoms with Crippen molar-refractivity contribution in [1.29, 1.82) is 0 Å². The maximum absolute atomic E-state index is 13.1. The van der Waals surface area contributed by atoms with Crippen molar-refractivity contribution in [2.24, 2.45) is 0 Å². The third kappa shape index (κ3) is 6.16. The highest BCUT2D eigenvalue weighted by molar-refractivity contribution is 5.85. The van der Waals surface area contributed by atoms with E-state index in [1.54, 1.807) is 0 Å². The molecule has 2 rings (SSSR count). The third-order valence-corrected chi connectivity index (χ3v) is 3.91. The number of alkyl halides is 3. The van der Waals surface area contributed by atoms with Gasteiger partial charge in [0, 0.05) is 11.6 Å². The standard InChI is InChI=1S/C19H18F4N2O4/c1-18(2,29-15-9-7-14(20)8-10-15)17(26)24(12-19(21,22)23)11-13-5-3-4-6-16(13)25(27)28/h3-10H,11-12H2,1-2H3. The normalized spacial score (nSPS) is 11.8. The van der Waals surface area contributed by atoms with Crippen LogP contribution in [0.5, 0.6) is 5.75 Å². The Kier molecular flexibility index (Phi) is 6.45. The zero-order chi connectivity index (χ0) is 21.8. The predicted octanol–water partition coefficient (Wildman–Crippen LogP) is 4.48. The van der Waals surface area contributed by atoms with Crippen LogP contribution in [0.15, 0.2) is 48.5 Å². The van der Waals surface area contributed by atoms with Gasteiger partial charge in [0.15, 0.2) is 5.60 Å². The van der Waals surface area contributed by atoms with Crippen molar-refractivity contribution in [1.82, 2.24) is 4.90 Å². The predicted molar refractivity (Wildman–Crippen MR) is 95.7 cm³/mol. The molecule has 0 radical (unpaired) electrons. The van der Waals surface area contributed by atoms with Crippen molar-refractivity contribution >= 4 is 11.6 Å². The molecule has 6 nitrogen and oxygen atoms in total. The maximum Gasteiger partial charge on any atom is 0.406 e. The summed E-state index contributed by atoms with van der Waals surface area (Å²) in [5.74, 6) is -1.49. The van der Waals surface area contributed by atoms with Gasteiger partial charge < -0.3 is 9.64 Å². The van der Waals surface area contributed by atoms with Gasteiger partial charge in [-0.15, -0.1) is 0 Å². The molecule has 1 amide bonds. The largest absolute Gasteiger partial charge is 0.478 e. The number of nitro benzene ring substituents is 1. The Bertz CT molecular complexity index is 883. The molecule has 0 aliphatic rings. The fourth-order valence-electron chi connectivity index (χ4n) is 2.67. The molecule has 10 heteroatoms. The smallest absolute Gasteiger partial charge is 0.406 e. The van der Waals surface area contributed by atoms with Crippen LogP contribution in [-0.4, -0.2) is 34.1 Å². The average Bonchev–Trinajstić information content (AvgIpc) is 2.61. The molecule has 0 saturated carbocycles. The molecule has 0 atom stereocenters. The lowest BCUT2D eigenvalue weighted by Crippen LogP contribution is -2.51. The maximum atomic E-state index is 13.1. The average molecular weight is 414 g/mol. The van der Waals surface area contributed by atoms with Crippen LogP contribution in [0.2, 0.25) is 0 Å².